The van der Waals surface area contributed by atoms with E-state index in [4.69, 9.17) is 16.1 Å². The number of hydrogen-bond acceptors (Lipinski definition) is 4. The fourth-order valence-corrected chi connectivity index (χ4v) is 5.36. The third-order valence-electron chi connectivity index (χ3n) is 7.73. The van der Waals surface area contributed by atoms with Crippen LogP contribution >= 0.6 is 0 Å². The molecule has 43 heavy (non-hydrogen) atoms. The minimum atomic E-state index is -0.136. The summed E-state index contributed by atoms with van der Waals surface area (Å²) in [6.07, 6.45) is 6.61. The van der Waals surface area contributed by atoms with E-state index in [9.17, 15) is 4.79 Å². The Morgan fingerprint density at radius 1 is 0.930 bits per heavy atom. The fraction of sp³-hybridized carbons (Fsp3) is 0.111. The third kappa shape index (κ3) is 6.06. The summed E-state index contributed by atoms with van der Waals surface area (Å²) in [5.41, 5.74) is 11.9. The number of nitrogens with one attached hydrogen (secondary N) is 1. The van der Waals surface area contributed by atoms with Crippen molar-refractivity contribution in [1.82, 2.24) is 14.5 Å². The molecule has 7 nitrogen and oxygen atoms in total. The quantitative estimate of drug-likeness (QED) is 0.120. The Morgan fingerprint density at radius 3 is 2.51 bits per heavy atom. The second kappa shape index (κ2) is 12.1. The Balaban J connectivity index is 1.31. The number of anilines is 1. The van der Waals surface area contributed by atoms with Crippen molar-refractivity contribution in [2.24, 2.45) is 12.8 Å². The van der Waals surface area contributed by atoms with E-state index in [2.05, 4.69) is 33.8 Å². The van der Waals surface area contributed by atoms with Gasteiger partial charge in [0.2, 0.25) is 0 Å². The highest BCUT2D eigenvalue weighted by molar-refractivity contribution is 6.05. The van der Waals surface area contributed by atoms with E-state index < -0.39 is 0 Å². The number of aromatic nitrogens is 3. The minimum Gasteiger partial charge on any atom is -0.384 e. The van der Waals surface area contributed by atoms with Crippen LogP contribution in [0.4, 0.5) is 5.69 Å². The molecule has 4 aromatic carbocycles. The lowest BCUT2D eigenvalue weighted by Gasteiger charge is -2.22. The van der Waals surface area contributed by atoms with Crippen LogP contribution in [-0.4, -0.2) is 26.3 Å². The van der Waals surface area contributed by atoms with E-state index >= 15 is 0 Å². The fourth-order valence-electron chi connectivity index (χ4n) is 5.36. The molecule has 0 radical (unpaired) electrons. The molecule has 0 spiro atoms. The van der Waals surface area contributed by atoms with Crippen molar-refractivity contribution in [1.29, 1.82) is 5.41 Å². The molecule has 0 aliphatic rings. The lowest BCUT2D eigenvalue weighted by molar-refractivity contribution is -0.114. The summed E-state index contributed by atoms with van der Waals surface area (Å²) >= 11 is 0. The van der Waals surface area contributed by atoms with E-state index in [0.717, 1.165) is 68.5 Å². The van der Waals surface area contributed by atoms with Crippen molar-refractivity contribution in [3.05, 3.63) is 144 Å². The Bertz CT molecular complexity index is 1950. The summed E-state index contributed by atoms with van der Waals surface area (Å²) in [5.74, 6) is 0.894. The van der Waals surface area contributed by atoms with Gasteiger partial charge >= 0.3 is 0 Å². The van der Waals surface area contributed by atoms with Crippen LogP contribution in [0.25, 0.3) is 27.9 Å². The second-order valence-electron chi connectivity index (χ2n) is 10.5. The van der Waals surface area contributed by atoms with Gasteiger partial charge in [0.1, 0.15) is 11.7 Å². The van der Waals surface area contributed by atoms with Crippen LogP contribution in [0.3, 0.4) is 0 Å². The zero-order chi connectivity index (χ0) is 29.8. The van der Waals surface area contributed by atoms with Gasteiger partial charge in [-0.2, -0.15) is 0 Å². The molecule has 0 atom stereocenters. The van der Waals surface area contributed by atoms with Crippen molar-refractivity contribution in [2.75, 3.05) is 4.90 Å². The number of amidine groups is 1. The largest absolute Gasteiger partial charge is 0.384 e. The number of benzene rings is 4. The van der Waals surface area contributed by atoms with E-state index in [0.29, 0.717) is 6.54 Å². The lowest BCUT2D eigenvalue weighted by Crippen LogP contribution is -2.28. The monoisotopic (exact) mass is 564 g/mol. The molecular formula is C36H32N6O. The molecule has 2 heterocycles. The van der Waals surface area contributed by atoms with Gasteiger partial charge in [-0.05, 0) is 64.7 Å². The van der Waals surface area contributed by atoms with Gasteiger partial charge in [-0.25, -0.2) is 4.98 Å². The van der Waals surface area contributed by atoms with E-state index in [1.807, 2.05) is 85.9 Å². The molecule has 0 unspecified atom stereocenters. The average Bonchev–Trinajstić information content (AvgIpc) is 3.36. The van der Waals surface area contributed by atoms with Gasteiger partial charge in [0.15, 0.2) is 0 Å². The van der Waals surface area contributed by atoms with E-state index in [1.165, 1.54) is 0 Å². The molecule has 212 valence electrons. The topological polar surface area (TPSA) is 101 Å². The summed E-state index contributed by atoms with van der Waals surface area (Å²) in [4.78, 5) is 24.8. The summed E-state index contributed by atoms with van der Waals surface area (Å²) in [6, 6.07) is 33.9. The number of nitrogens with zero attached hydrogens (tertiary/aromatic N) is 4. The van der Waals surface area contributed by atoms with Gasteiger partial charge in [0.05, 0.1) is 23.3 Å². The van der Waals surface area contributed by atoms with Crippen LogP contribution in [0.1, 0.15) is 28.2 Å². The molecule has 6 rings (SSSR count). The van der Waals surface area contributed by atoms with Crippen molar-refractivity contribution < 1.29 is 4.79 Å². The molecule has 0 saturated carbocycles. The molecule has 0 fully saturated rings. The van der Waals surface area contributed by atoms with Crippen molar-refractivity contribution in [3.63, 3.8) is 0 Å². The smallest absolute Gasteiger partial charge is 0.251 e. The van der Waals surface area contributed by atoms with Crippen molar-refractivity contribution in [2.45, 2.75) is 19.4 Å². The molecular weight excluding hydrogens is 532 g/mol. The summed E-state index contributed by atoms with van der Waals surface area (Å²) in [7, 11) is 2.03. The van der Waals surface area contributed by atoms with Gasteiger partial charge in [0.25, 0.3) is 5.91 Å². The third-order valence-corrected chi connectivity index (χ3v) is 7.73. The molecule has 7 heteroatoms. The summed E-state index contributed by atoms with van der Waals surface area (Å²) in [6.45, 7) is 0.411. The number of pyridine rings is 1. The number of nitrogens with two attached hydrogens (primary N) is 1. The maximum absolute atomic E-state index is 13.8. The molecule has 2 aromatic heterocycles. The van der Waals surface area contributed by atoms with Crippen LogP contribution in [0.2, 0.25) is 0 Å². The number of amides is 1. The van der Waals surface area contributed by atoms with Gasteiger partial charge < -0.3 is 15.2 Å². The SMILES string of the molecule is Cn1c(CCc2ccc(C(=N)N)cc2)nc2cc(N(Cc3cccc4ccccc34)C(=O)C=Cc3ccccn3)ccc21. The number of hydrogen-bond donors (Lipinski definition) is 2. The minimum absolute atomic E-state index is 0.0675. The number of aryl methyl sites for hydroxylation is 3. The molecule has 6 aromatic rings. The summed E-state index contributed by atoms with van der Waals surface area (Å²) < 4.78 is 2.11. The van der Waals surface area contributed by atoms with Crippen molar-refractivity contribution in [3.8, 4) is 0 Å². The predicted octanol–water partition coefficient (Wildman–Crippen LogP) is 6.44. The number of imidazole rings is 1. The second-order valence-corrected chi connectivity index (χ2v) is 10.5. The van der Waals surface area contributed by atoms with Gasteiger partial charge in [-0.1, -0.05) is 72.8 Å². The Morgan fingerprint density at radius 2 is 1.72 bits per heavy atom. The lowest BCUT2D eigenvalue weighted by atomic mass is 10.0. The summed E-state index contributed by atoms with van der Waals surface area (Å²) in [5, 5.41) is 9.86. The van der Waals surface area contributed by atoms with Gasteiger partial charge in [0, 0.05) is 37.0 Å². The predicted molar refractivity (Wildman–Crippen MR) is 174 cm³/mol. The number of carbonyl (C=O) groups is 1. The number of nitrogen functional groups attached to an aromatic ring is 1. The molecule has 0 bridgehead atoms. The van der Waals surface area contributed by atoms with Crippen LogP contribution < -0.4 is 10.6 Å². The standard InChI is InChI=1S/C36H32N6O/c1-41-33-19-18-30(23-32(33)40-34(41)20-14-25-12-15-27(16-13-25)36(37)38)42(35(43)21-17-29-10-4-5-22-39-29)24-28-9-6-8-26-7-2-3-11-31(26)28/h2-13,15-19,21-23H,14,20,24H2,1H3,(H3,37,38). The van der Waals surface area contributed by atoms with Gasteiger partial charge in [-0.15, -0.1) is 0 Å². The molecule has 3 N–H and O–H groups in total. The zero-order valence-corrected chi connectivity index (χ0v) is 23.9. The maximum Gasteiger partial charge on any atom is 0.251 e. The maximum atomic E-state index is 13.8. The number of fused-ring (bicyclic) bond motifs is 2. The highest BCUT2D eigenvalue weighted by atomic mass is 16.2. The Kier molecular flexibility index (Phi) is 7.78. The average molecular weight is 565 g/mol. The highest BCUT2D eigenvalue weighted by Gasteiger charge is 2.18. The number of rotatable bonds is 9. The van der Waals surface area contributed by atoms with Crippen LogP contribution in [0, 0.1) is 5.41 Å². The first kappa shape index (κ1) is 27.6. The first-order valence-electron chi connectivity index (χ1n) is 14.2. The van der Waals surface area contributed by atoms with Crippen molar-refractivity contribution >= 4 is 45.3 Å². The van der Waals surface area contributed by atoms with E-state index in [1.54, 1.807) is 23.2 Å². The first-order valence-corrected chi connectivity index (χ1v) is 14.2. The van der Waals surface area contributed by atoms with Crippen LogP contribution in [-0.2, 0) is 31.2 Å². The number of carbonyl (C=O) groups excluding carboxylic acids is 1. The molecule has 0 aliphatic carbocycles. The Labute approximate surface area is 250 Å². The van der Waals surface area contributed by atoms with Crippen LogP contribution in [0.5, 0.6) is 0 Å². The molecule has 1 amide bonds. The molecule has 0 saturated heterocycles. The molecule has 0 aliphatic heterocycles. The normalized spacial score (nSPS) is 11.4. The van der Waals surface area contributed by atoms with E-state index in [-0.39, 0.29) is 11.7 Å². The Hall–Kier alpha value is -5.56. The van der Waals surface area contributed by atoms with Crippen LogP contribution in [0.15, 0.2) is 115 Å². The van der Waals surface area contributed by atoms with Gasteiger partial charge in [-0.3, -0.25) is 15.2 Å². The zero-order valence-electron chi connectivity index (χ0n) is 23.9. The highest BCUT2D eigenvalue weighted by Crippen LogP contribution is 2.27. The first-order chi connectivity index (χ1) is 21.0.